The Morgan fingerprint density at radius 2 is 1.94 bits per heavy atom. The fraction of sp³-hybridized carbons (Fsp3) is 0.261. The van der Waals surface area contributed by atoms with Crippen LogP contribution in [-0.4, -0.2) is 32.9 Å². The van der Waals surface area contributed by atoms with Crippen LogP contribution in [0.15, 0.2) is 59.1 Å². The SMILES string of the molecule is CCOC(=O)/C(C#N)=C/Nc1ccccc1NS(=O)(=O)c1ccc2c(c1)CC(C)N2C(C)=O. The summed E-state index contributed by atoms with van der Waals surface area (Å²) in [7, 11) is -3.95. The van der Waals surface area contributed by atoms with Crippen LogP contribution in [0.4, 0.5) is 17.1 Å². The molecular weight excluding hydrogens is 444 g/mol. The van der Waals surface area contributed by atoms with E-state index in [0.29, 0.717) is 17.8 Å². The minimum Gasteiger partial charge on any atom is -0.462 e. The molecule has 0 saturated heterocycles. The predicted molar refractivity (Wildman–Crippen MR) is 124 cm³/mol. The van der Waals surface area contributed by atoms with Crippen LogP contribution < -0.4 is 14.9 Å². The van der Waals surface area contributed by atoms with Crippen molar-refractivity contribution < 1.29 is 22.7 Å². The lowest BCUT2D eigenvalue weighted by Gasteiger charge is -2.20. The summed E-state index contributed by atoms with van der Waals surface area (Å²) >= 11 is 0. The molecular formula is C23H24N4O5S. The van der Waals surface area contributed by atoms with Crippen LogP contribution in [0.25, 0.3) is 0 Å². The van der Waals surface area contributed by atoms with E-state index < -0.39 is 16.0 Å². The maximum atomic E-state index is 13.1. The first-order valence-electron chi connectivity index (χ1n) is 10.3. The number of carbonyl (C=O) groups excluding carboxylic acids is 2. The van der Waals surface area contributed by atoms with Crippen LogP contribution in [0.1, 0.15) is 26.3 Å². The van der Waals surface area contributed by atoms with Crippen molar-refractivity contribution in [2.45, 2.75) is 38.1 Å². The molecule has 0 spiro atoms. The van der Waals surface area contributed by atoms with E-state index in [1.54, 1.807) is 54.3 Å². The van der Waals surface area contributed by atoms with Gasteiger partial charge in [-0.3, -0.25) is 9.52 Å². The molecule has 0 aliphatic carbocycles. The molecule has 2 aromatic carbocycles. The number of sulfonamides is 1. The second-order valence-corrected chi connectivity index (χ2v) is 9.10. The second kappa shape index (κ2) is 9.75. The number of amides is 1. The van der Waals surface area contributed by atoms with Gasteiger partial charge in [0.25, 0.3) is 10.0 Å². The average molecular weight is 469 g/mol. The zero-order valence-corrected chi connectivity index (χ0v) is 19.3. The zero-order chi connectivity index (χ0) is 24.2. The van der Waals surface area contributed by atoms with E-state index in [-0.39, 0.29) is 34.7 Å². The number of nitrogens with one attached hydrogen (secondary N) is 2. The monoisotopic (exact) mass is 468 g/mol. The number of hydrogen-bond acceptors (Lipinski definition) is 7. The average Bonchev–Trinajstić information content (AvgIpc) is 3.10. The molecule has 9 nitrogen and oxygen atoms in total. The number of anilines is 3. The Hall–Kier alpha value is -3.84. The van der Waals surface area contributed by atoms with Crippen molar-refractivity contribution in [2.75, 3.05) is 21.5 Å². The van der Waals surface area contributed by atoms with Gasteiger partial charge in [-0.15, -0.1) is 0 Å². The van der Waals surface area contributed by atoms with E-state index in [1.165, 1.54) is 13.0 Å². The summed E-state index contributed by atoms with van der Waals surface area (Å²) in [5.41, 5.74) is 1.81. The van der Waals surface area contributed by atoms with Gasteiger partial charge < -0.3 is 15.0 Å². The molecule has 172 valence electrons. The van der Waals surface area contributed by atoms with Gasteiger partial charge in [-0.05, 0) is 56.2 Å². The van der Waals surface area contributed by atoms with Crippen molar-refractivity contribution in [3.05, 3.63) is 59.8 Å². The Kier molecular flexibility index (Phi) is 7.04. The highest BCUT2D eigenvalue weighted by molar-refractivity contribution is 7.92. The van der Waals surface area contributed by atoms with Gasteiger partial charge in [0.15, 0.2) is 5.57 Å². The third-order valence-electron chi connectivity index (χ3n) is 5.08. The Labute approximate surface area is 192 Å². The van der Waals surface area contributed by atoms with Crippen LogP contribution >= 0.6 is 0 Å². The number of benzene rings is 2. The van der Waals surface area contributed by atoms with Crippen molar-refractivity contribution >= 4 is 39.0 Å². The second-order valence-electron chi connectivity index (χ2n) is 7.42. The minimum absolute atomic E-state index is 0.0474. The number of rotatable bonds is 7. The van der Waals surface area contributed by atoms with Crippen molar-refractivity contribution in [1.82, 2.24) is 0 Å². The van der Waals surface area contributed by atoms with Crippen LogP contribution in [0.3, 0.4) is 0 Å². The minimum atomic E-state index is -3.95. The van der Waals surface area contributed by atoms with Gasteiger partial charge in [-0.2, -0.15) is 5.26 Å². The molecule has 0 radical (unpaired) electrons. The Bertz CT molecular complexity index is 1260. The van der Waals surface area contributed by atoms with Gasteiger partial charge in [0.05, 0.1) is 22.9 Å². The summed E-state index contributed by atoms with van der Waals surface area (Å²) in [6.45, 7) is 5.14. The smallest absolute Gasteiger partial charge is 0.350 e. The Morgan fingerprint density at radius 3 is 2.58 bits per heavy atom. The quantitative estimate of drug-likeness (QED) is 0.363. The summed E-state index contributed by atoms with van der Waals surface area (Å²) in [6.07, 6.45) is 1.73. The standard InChI is InChI=1S/C23H24N4O5S/c1-4-32-23(29)18(13-24)14-25-20-7-5-6-8-21(20)26-33(30,31)19-9-10-22-17(12-19)11-15(2)27(22)16(3)28/h5-10,12,14-15,25-26H,4,11H2,1-3H3/b18-14+. The van der Waals surface area contributed by atoms with Crippen LogP contribution in [0.2, 0.25) is 0 Å². The van der Waals surface area contributed by atoms with Crippen molar-refractivity contribution in [1.29, 1.82) is 5.26 Å². The number of nitrogens with zero attached hydrogens (tertiary/aromatic N) is 2. The van der Waals surface area contributed by atoms with Crippen LogP contribution in [-0.2, 0) is 30.8 Å². The molecule has 1 atom stereocenters. The fourth-order valence-corrected chi connectivity index (χ4v) is 4.78. The highest BCUT2D eigenvalue weighted by atomic mass is 32.2. The van der Waals surface area contributed by atoms with Crippen LogP contribution in [0.5, 0.6) is 0 Å². The molecule has 0 bridgehead atoms. The largest absolute Gasteiger partial charge is 0.462 e. The first kappa shape index (κ1) is 23.8. The highest BCUT2D eigenvalue weighted by Gasteiger charge is 2.30. The van der Waals surface area contributed by atoms with Gasteiger partial charge in [-0.25, -0.2) is 13.2 Å². The lowest BCUT2D eigenvalue weighted by atomic mass is 10.1. The van der Waals surface area contributed by atoms with Gasteiger partial charge in [-0.1, -0.05) is 12.1 Å². The van der Waals surface area contributed by atoms with Crippen molar-refractivity contribution in [2.24, 2.45) is 0 Å². The van der Waals surface area contributed by atoms with E-state index in [4.69, 9.17) is 10.00 Å². The molecule has 1 amide bonds. The predicted octanol–water partition coefficient (Wildman–Crippen LogP) is 3.17. The lowest BCUT2D eigenvalue weighted by molar-refractivity contribution is -0.138. The maximum absolute atomic E-state index is 13.1. The van der Waals surface area contributed by atoms with Crippen molar-refractivity contribution in [3.8, 4) is 6.07 Å². The third-order valence-corrected chi connectivity index (χ3v) is 6.44. The molecule has 33 heavy (non-hydrogen) atoms. The molecule has 0 saturated carbocycles. The van der Waals surface area contributed by atoms with E-state index >= 15 is 0 Å². The number of para-hydroxylation sites is 2. The molecule has 1 aliphatic heterocycles. The molecule has 1 heterocycles. The third kappa shape index (κ3) is 5.15. The Morgan fingerprint density at radius 1 is 1.24 bits per heavy atom. The van der Waals surface area contributed by atoms with Gasteiger partial charge >= 0.3 is 5.97 Å². The van der Waals surface area contributed by atoms with Gasteiger partial charge in [0.1, 0.15) is 6.07 Å². The molecule has 10 heteroatoms. The summed E-state index contributed by atoms with van der Waals surface area (Å²) in [5.74, 6) is -0.875. The molecule has 1 unspecified atom stereocenters. The summed E-state index contributed by atoms with van der Waals surface area (Å²) in [6, 6.07) is 12.9. The molecule has 0 aromatic heterocycles. The van der Waals surface area contributed by atoms with Crippen molar-refractivity contribution in [3.63, 3.8) is 0 Å². The molecule has 3 rings (SSSR count). The molecule has 2 N–H and O–H groups in total. The van der Waals surface area contributed by atoms with Crippen LogP contribution in [0, 0.1) is 11.3 Å². The molecule has 1 aliphatic rings. The number of esters is 1. The summed E-state index contributed by atoms with van der Waals surface area (Å²) in [4.78, 5) is 25.4. The number of carbonyl (C=O) groups is 2. The lowest BCUT2D eigenvalue weighted by Crippen LogP contribution is -2.33. The number of ether oxygens (including phenoxy) is 1. The van der Waals surface area contributed by atoms with Gasteiger partial charge in [0, 0.05) is 24.9 Å². The highest BCUT2D eigenvalue weighted by Crippen LogP contribution is 2.34. The van der Waals surface area contributed by atoms with E-state index in [9.17, 15) is 18.0 Å². The number of nitriles is 1. The summed E-state index contributed by atoms with van der Waals surface area (Å²) in [5, 5.41) is 11.9. The van der Waals surface area contributed by atoms with E-state index in [1.807, 2.05) is 6.92 Å². The van der Waals surface area contributed by atoms with E-state index in [0.717, 1.165) is 11.8 Å². The normalized spacial score (nSPS) is 15.4. The maximum Gasteiger partial charge on any atom is 0.350 e. The first-order chi connectivity index (χ1) is 15.7. The van der Waals surface area contributed by atoms with E-state index in [2.05, 4.69) is 10.0 Å². The topological polar surface area (TPSA) is 129 Å². The first-order valence-corrected chi connectivity index (χ1v) is 11.7. The molecule has 0 fully saturated rings. The molecule has 2 aromatic rings. The number of fused-ring (bicyclic) bond motifs is 1. The Balaban J connectivity index is 1.86. The zero-order valence-electron chi connectivity index (χ0n) is 18.5. The van der Waals surface area contributed by atoms with Gasteiger partial charge in [0.2, 0.25) is 5.91 Å². The summed E-state index contributed by atoms with van der Waals surface area (Å²) < 4.78 is 33.5. The fourth-order valence-electron chi connectivity index (χ4n) is 3.65. The number of hydrogen-bond donors (Lipinski definition) is 2.